The van der Waals surface area contributed by atoms with Gasteiger partial charge in [0, 0.05) is 30.5 Å². The Kier molecular flexibility index (Phi) is 3.73. The van der Waals surface area contributed by atoms with Crippen LogP contribution in [0.25, 0.3) is 11.0 Å². The van der Waals surface area contributed by atoms with Crippen molar-refractivity contribution in [3.8, 4) is 0 Å². The van der Waals surface area contributed by atoms with Gasteiger partial charge in [0.1, 0.15) is 0 Å². The summed E-state index contributed by atoms with van der Waals surface area (Å²) in [5.41, 5.74) is 3.35. The van der Waals surface area contributed by atoms with E-state index in [1.165, 1.54) is 0 Å². The van der Waals surface area contributed by atoms with Gasteiger partial charge < -0.3 is 9.88 Å². The Morgan fingerprint density at radius 3 is 2.68 bits per heavy atom. The molecule has 0 atom stereocenters. The van der Waals surface area contributed by atoms with Crippen molar-refractivity contribution in [3.05, 3.63) is 53.8 Å². The fraction of sp³-hybridized carbons (Fsp3) is 0.125. The van der Waals surface area contributed by atoms with Crippen LogP contribution >= 0.6 is 11.6 Å². The average molecular weight is 315 g/mol. The number of hydrogen-bond donors (Lipinski definition) is 1. The van der Waals surface area contributed by atoms with Gasteiger partial charge in [-0.1, -0.05) is 11.6 Å². The third-order valence-corrected chi connectivity index (χ3v) is 3.75. The van der Waals surface area contributed by atoms with E-state index in [4.69, 9.17) is 11.6 Å². The number of imidazole rings is 1. The second-order valence-corrected chi connectivity index (χ2v) is 5.46. The molecule has 1 N–H and O–H groups in total. The van der Waals surface area contributed by atoms with E-state index in [2.05, 4.69) is 10.3 Å². The van der Waals surface area contributed by atoms with Crippen molar-refractivity contribution in [2.45, 2.75) is 0 Å². The Morgan fingerprint density at radius 1 is 1.23 bits per heavy atom. The van der Waals surface area contributed by atoms with Crippen LogP contribution in [0.3, 0.4) is 0 Å². The van der Waals surface area contributed by atoms with Gasteiger partial charge in [-0.3, -0.25) is 4.90 Å². The maximum Gasteiger partial charge on any atom is 0.326 e. The highest BCUT2D eigenvalue weighted by Gasteiger charge is 2.12. The van der Waals surface area contributed by atoms with Crippen LogP contribution in [-0.2, 0) is 7.05 Å². The monoisotopic (exact) mass is 314 g/mol. The Labute approximate surface area is 133 Å². The first-order valence-corrected chi connectivity index (χ1v) is 7.14. The summed E-state index contributed by atoms with van der Waals surface area (Å²) in [5, 5.41) is 3.45. The van der Waals surface area contributed by atoms with Gasteiger partial charge in [-0.05, 0) is 42.5 Å². The van der Waals surface area contributed by atoms with Crippen molar-refractivity contribution in [1.82, 2.24) is 9.55 Å². The van der Waals surface area contributed by atoms with Crippen LogP contribution in [0.2, 0.25) is 5.02 Å². The zero-order valence-corrected chi connectivity index (χ0v) is 13.0. The average Bonchev–Trinajstić information content (AvgIpc) is 2.89. The number of fused-ring (bicyclic) bond motifs is 1. The number of aromatic nitrogens is 2. The molecule has 0 aliphatic carbocycles. The number of nitrogens with zero attached hydrogens (tertiary/aromatic N) is 3. The molecule has 3 aromatic rings. The van der Waals surface area contributed by atoms with Gasteiger partial charge in [0.05, 0.1) is 17.4 Å². The van der Waals surface area contributed by atoms with Crippen LogP contribution in [0.15, 0.2) is 48.8 Å². The van der Waals surface area contributed by atoms with Crippen LogP contribution < -0.4 is 10.2 Å². The minimum absolute atomic E-state index is 0.224. The summed E-state index contributed by atoms with van der Waals surface area (Å²) in [5.74, 6) is 0. The first-order valence-electron chi connectivity index (χ1n) is 6.76. The summed E-state index contributed by atoms with van der Waals surface area (Å²) in [6.07, 6.45) is 1.75. The lowest BCUT2D eigenvalue weighted by atomic mass is 10.2. The highest BCUT2D eigenvalue weighted by Crippen LogP contribution is 2.21. The normalized spacial score (nSPS) is 10.7. The lowest BCUT2D eigenvalue weighted by Gasteiger charge is -2.18. The lowest BCUT2D eigenvalue weighted by Crippen LogP contribution is -2.31. The molecule has 22 heavy (non-hydrogen) atoms. The number of rotatable bonds is 2. The molecule has 0 aliphatic heterocycles. The summed E-state index contributed by atoms with van der Waals surface area (Å²) in [7, 11) is 3.65. The van der Waals surface area contributed by atoms with Crippen LogP contribution in [0.1, 0.15) is 0 Å². The Bertz CT molecular complexity index is 826. The molecule has 1 heterocycles. The van der Waals surface area contributed by atoms with Crippen molar-refractivity contribution < 1.29 is 4.79 Å². The molecule has 0 aliphatic rings. The summed E-state index contributed by atoms with van der Waals surface area (Å²) in [4.78, 5) is 18.1. The predicted molar refractivity (Wildman–Crippen MR) is 89.6 cm³/mol. The van der Waals surface area contributed by atoms with Gasteiger partial charge in [0.2, 0.25) is 0 Å². The highest BCUT2D eigenvalue weighted by molar-refractivity contribution is 6.30. The van der Waals surface area contributed by atoms with Crippen molar-refractivity contribution in [2.75, 3.05) is 17.3 Å². The van der Waals surface area contributed by atoms with Crippen molar-refractivity contribution in [2.24, 2.45) is 7.05 Å². The lowest BCUT2D eigenvalue weighted by molar-refractivity contribution is 0.258. The van der Waals surface area contributed by atoms with E-state index < -0.39 is 0 Å². The number of anilines is 2. The number of halogens is 1. The molecule has 1 aromatic heterocycles. The number of urea groups is 1. The quantitative estimate of drug-likeness (QED) is 0.780. The van der Waals surface area contributed by atoms with E-state index in [0.29, 0.717) is 10.7 Å². The van der Waals surface area contributed by atoms with Gasteiger partial charge in [-0.15, -0.1) is 0 Å². The molecule has 0 saturated heterocycles. The Morgan fingerprint density at radius 2 is 1.95 bits per heavy atom. The van der Waals surface area contributed by atoms with E-state index in [9.17, 15) is 4.79 Å². The molecule has 0 spiro atoms. The first-order chi connectivity index (χ1) is 10.5. The second kappa shape index (κ2) is 5.69. The maximum atomic E-state index is 12.3. The SMILES string of the molecule is CN(C(=O)Nc1ccc(Cl)cc1)c1ccc2c(c1)ncn2C. The molecule has 6 heteroatoms. The van der Waals surface area contributed by atoms with Gasteiger partial charge in [-0.25, -0.2) is 9.78 Å². The molecule has 3 rings (SSSR count). The fourth-order valence-corrected chi connectivity index (χ4v) is 2.32. The zero-order valence-electron chi connectivity index (χ0n) is 12.2. The number of benzene rings is 2. The summed E-state index contributed by atoms with van der Waals surface area (Å²) in [6.45, 7) is 0. The van der Waals surface area contributed by atoms with E-state index in [0.717, 1.165) is 16.7 Å². The minimum Gasteiger partial charge on any atom is -0.334 e. The van der Waals surface area contributed by atoms with Crippen molar-refractivity contribution >= 4 is 40.0 Å². The Hall–Kier alpha value is -2.53. The zero-order chi connectivity index (χ0) is 15.7. The van der Waals surface area contributed by atoms with E-state index in [1.54, 1.807) is 42.5 Å². The van der Waals surface area contributed by atoms with Crippen LogP contribution in [-0.4, -0.2) is 22.6 Å². The van der Waals surface area contributed by atoms with E-state index in [1.807, 2.05) is 29.8 Å². The summed E-state index contributed by atoms with van der Waals surface area (Å²) in [6, 6.07) is 12.5. The fourth-order valence-electron chi connectivity index (χ4n) is 2.19. The summed E-state index contributed by atoms with van der Waals surface area (Å²) < 4.78 is 1.94. The molecular weight excluding hydrogens is 300 g/mol. The molecule has 0 unspecified atom stereocenters. The van der Waals surface area contributed by atoms with Crippen LogP contribution in [0.4, 0.5) is 16.2 Å². The van der Waals surface area contributed by atoms with Crippen molar-refractivity contribution in [3.63, 3.8) is 0 Å². The van der Waals surface area contributed by atoms with Crippen LogP contribution in [0.5, 0.6) is 0 Å². The number of amides is 2. The standard InChI is InChI=1S/C16H15ClN4O/c1-20-10-18-14-9-13(7-8-15(14)20)21(2)16(22)19-12-5-3-11(17)4-6-12/h3-10H,1-2H3,(H,19,22). The predicted octanol–water partition coefficient (Wildman–Crippen LogP) is 3.90. The number of carbonyl (C=O) groups is 1. The summed E-state index contributed by atoms with van der Waals surface area (Å²) >= 11 is 5.83. The molecular formula is C16H15ClN4O. The molecule has 2 aromatic carbocycles. The molecule has 0 fully saturated rings. The smallest absolute Gasteiger partial charge is 0.326 e. The van der Waals surface area contributed by atoms with Crippen LogP contribution in [0, 0.1) is 0 Å². The van der Waals surface area contributed by atoms with E-state index in [-0.39, 0.29) is 6.03 Å². The largest absolute Gasteiger partial charge is 0.334 e. The Balaban J connectivity index is 1.80. The molecule has 112 valence electrons. The van der Waals surface area contributed by atoms with Gasteiger partial charge in [0.25, 0.3) is 0 Å². The van der Waals surface area contributed by atoms with Gasteiger partial charge in [0.15, 0.2) is 0 Å². The topological polar surface area (TPSA) is 50.2 Å². The van der Waals surface area contributed by atoms with Gasteiger partial charge >= 0.3 is 6.03 Å². The van der Waals surface area contributed by atoms with Gasteiger partial charge in [-0.2, -0.15) is 0 Å². The first kappa shape index (κ1) is 14.4. The molecule has 2 amide bonds. The molecule has 5 nitrogen and oxygen atoms in total. The number of hydrogen-bond acceptors (Lipinski definition) is 2. The highest BCUT2D eigenvalue weighted by atomic mass is 35.5. The minimum atomic E-state index is -0.224. The molecule has 0 radical (unpaired) electrons. The number of nitrogens with one attached hydrogen (secondary N) is 1. The molecule has 0 saturated carbocycles. The maximum absolute atomic E-state index is 12.3. The van der Waals surface area contributed by atoms with E-state index >= 15 is 0 Å². The number of aryl methyl sites for hydroxylation is 1. The second-order valence-electron chi connectivity index (χ2n) is 5.02. The number of carbonyl (C=O) groups excluding carboxylic acids is 1. The third-order valence-electron chi connectivity index (χ3n) is 3.50. The van der Waals surface area contributed by atoms with Crippen molar-refractivity contribution in [1.29, 1.82) is 0 Å². The third kappa shape index (κ3) is 2.76. The molecule has 0 bridgehead atoms.